The molecule has 1 aromatic rings. The summed E-state index contributed by atoms with van der Waals surface area (Å²) in [6.45, 7) is 3.07. The molecule has 1 rings (SSSR count). The van der Waals surface area contributed by atoms with E-state index >= 15 is 0 Å². The summed E-state index contributed by atoms with van der Waals surface area (Å²) >= 11 is 5.66. The van der Waals surface area contributed by atoms with Gasteiger partial charge in [0.2, 0.25) is 0 Å². The van der Waals surface area contributed by atoms with Gasteiger partial charge in [0, 0.05) is 18.6 Å². The molecular formula is C13H17ClFN. The Kier molecular flexibility index (Phi) is 4.36. The lowest BCUT2D eigenvalue weighted by atomic mass is 10.1. The molecule has 1 nitrogen and oxygen atoms in total. The number of hydrogen-bond acceptors (Lipinski definition) is 1. The third kappa shape index (κ3) is 3.24. The zero-order valence-electron chi connectivity index (χ0n) is 9.87. The van der Waals surface area contributed by atoms with E-state index < -0.39 is 5.67 Å². The number of nitrogens with zero attached hydrogens (tertiary/aromatic N) is 1. The smallest absolute Gasteiger partial charge is 0.144 e. The molecule has 0 aromatic heterocycles. The van der Waals surface area contributed by atoms with Crippen LogP contribution >= 0.6 is 11.6 Å². The second-order valence-electron chi connectivity index (χ2n) is 4.11. The van der Waals surface area contributed by atoms with Crippen molar-refractivity contribution in [3.05, 3.63) is 42.1 Å². The van der Waals surface area contributed by atoms with Crippen LogP contribution in [0.15, 0.2) is 42.1 Å². The van der Waals surface area contributed by atoms with Crippen molar-refractivity contribution in [2.75, 3.05) is 17.8 Å². The molecule has 0 N–H and O–H groups in total. The van der Waals surface area contributed by atoms with Crippen LogP contribution in [0.3, 0.4) is 0 Å². The van der Waals surface area contributed by atoms with Crippen LogP contribution in [-0.2, 0) is 0 Å². The summed E-state index contributed by atoms with van der Waals surface area (Å²) in [7, 11) is 1.84. The number of halogens is 2. The highest BCUT2D eigenvalue weighted by Gasteiger charge is 2.25. The molecule has 0 fully saturated rings. The van der Waals surface area contributed by atoms with Gasteiger partial charge in [-0.05, 0) is 32.1 Å². The highest BCUT2D eigenvalue weighted by atomic mass is 35.5. The van der Waals surface area contributed by atoms with Gasteiger partial charge in [-0.1, -0.05) is 18.2 Å². The Labute approximate surface area is 102 Å². The summed E-state index contributed by atoms with van der Waals surface area (Å²) in [5.41, 5.74) is 0.123. The van der Waals surface area contributed by atoms with Gasteiger partial charge in [0.15, 0.2) is 0 Å². The first-order valence-electron chi connectivity index (χ1n) is 5.21. The summed E-state index contributed by atoms with van der Waals surface area (Å²) in [5.74, 6) is 0.305. The van der Waals surface area contributed by atoms with E-state index in [9.17, 15) is 4.39 Å². The molecule has 0 unspecified atom stereocenters. The first-order valence-corrected chi connectivity index (χ1v) is 5.74. The Balaban J connectivity index is 3.02. The fourth-order valence-electron chi connectivity index (χ4n) is 1.64. The van der Waals surface area contributed by atoms with E-state index in [0.29, 0.717) is 11.6 Å². The molecule has 0 atom stereocenters. The Morgan fingerprint density at radius 2 is 1.94 bits per heavy atom. The van der Waals surface area contributed by atoms with E-state index in [1.54, 1.807) is 6.08 Å². The molecule has 0 bridgehead atoms. The number of anilines is 1. The molecule has 1 aromatic carbocycles. The van der Waals surface area contributed by atoms with Crippen LogP contribution in [-0.4, -0.2) is 18.6 Å². The van der Waals surface area contributed by atoms with Gasteiger partial charge in [-0.3, -0.25) is 0 Å². The van der Waals surface area contributed by atoms with Gasteiger partial charge < -0.3 is 4.90 Å². The lowest BCUT2D eigenvalue weighted by Crippen LogP contribution is -2.30. The number of benzene rings is 1. The molecule has 0 saturated carbocycles. The van der Waals surface area contributed by atoms with Gasteiger partial charge in [0.25, 0.3) is 0 Å². The van der Waals surface area contributed by atoms with Crippen LogP contribution in [0.4, 0.5) is 10.1 Å². The summed E-state index contributed by atoms with van der Waals surface area (Å²) in [6.07, 6.45) is 1.70. The number of para-hydroxylation sites is 1. The minimum Gasteiger partial charge on any atom is -0.346 e. The third-order valence-corrected chi connectivity index (χ3v) is 2.54. The van der Waals surface area contributed by atoms with Crippen molar-refractivity contribution in [2.45, 2.75) is 19.5 Å². The molecule has 0 aliphatic heterocycles. The van der Waals surface area contributed by atoms with E-state index in [4.69, 9.17) is 11.6 Å². The predicted octanol–water partition coefficient (Wildman–Crippen LogP) is 3.99. The van der Waals surface area contributed by atoms with Gasteiger partial charge in [-0.2, -0.15) is 0 Å². The van der Waals surface area contributed by atoms with Crippen LogP contribution in [0.25, 0.3) is 0 Å². The fourth-order valence-corrected chi connectivity index (χ4v) is 1.79. The van der Waals surface area contributed by atoms with E-state index in [-0.39, 0.29) is 0 Å². The highest BCUT2D eigenvalue weighted by molar-refractivity contribution is 6.19. The van der Waals surface area contributed by atoms with E-state index in [1.165, 1.54) is 13.8 Å². The summed E-state index contributed by atoms with van der Waals surface area (Å²) in [6, 6.07) is 9.66. The number of alkyl halides is 2. The molecule has 16 heavy (non-hydrogen) atoms. The van der Waals surface area contributed by atoms with Gasteiger partial charge in [0.1, 0.15) is 5.67 Å². The molecule has 0 aliphatic carbocycles. The minimum absolute atomic E-state index is 0.305. The van der Waals surface area contributed by atoms with Gasteiger partial charge in [-0.25, -0.2) is 4.39 Å². The quantitative estimate of drug-likeness (QED) is 0.721. The normalized spacial score (nSPS) is 12.7. The minimum atomic E-state index is -1.40. The molecule has 88 valence electrons. The van der Waals surface area contributed by atoms with Crippen molar-refractivity contribution >= 4 is 17.3 Å². The van der Waals surface area contributed by atoms with Crippen molar-refractivity contribution in [2.24, 2.45) is 0 Å². The average Bonchev–Trinajstić information content (AvgIpc) is 2.25. The molecule has 3 heteroatoms. The van der Waals surface area contributed by atoms with Crippen LogP contribution < -0.4 is 4.90 Å². The van der Waals surface area contributed by atoms with Gasteiger partial charge >= 0.3 is 0 Å². The van der Waals surface area contributed by atoms with Gasteiger partial charge in [-0.15, -0.1) is 11.6 Å². The van der Waals surface area contributed by atoms with E-state index in [2.05, 4.69) is 0 Å². The number of hydrogen-bond donors (Lipinski definition) is 0. The highest BCUT2D eigenvalue weighted by Crippen LogP contribution is 2.27. The van der Waals surface area contributed by atoms with E-state index in [0.717, 1.165) is 5.69 Å². The molecule has 0 spiro atoms. The second kappa shape index (κ2) is 5.35. The Morgan fingerprint density at radius 1 is 1.38 bits per heavy atom. The first-order chi connectivity index (χ1) is 7.46. The predicted molar refractivity (Wildman–Crippen MR) is 68.8 cm³/mol. The zero-order chi connectivity index (χ0) is 12.2. The molecule has 0 heterocycles. The van der Waals surface area contributed by atoms with Crippen molar-refractivity contribution < 1.29 is 4.39 Å². The molecule has 0 amide bonds. The maximum atomic E-state index is 14.0. The molecule has 0 saturated heterocycles. The standard InChI is InChI=1S/C13H17ClFN/c1-13(2,15)12(9-10-14)16(3)11-7-5-4-6-8-11/h4-9H,10H2,1-3H3/b12-9+. The van der Waals surface area contributed by atoms with Crippen molar-refractivity contribution in [3.63, 3.8) is 0 Å². The largest absolute Gasteiger partial charge is 0.346 e. The SMILES string of the molecule is CN(/C(=C/CCl)C(C)(C)F)c1ccccc1. The Morgan fingerprint density at radius 3 is 2.38 bits per heavy atom. The number of rotatable bonds is 4. The van der Waals surface area contributed by atoms with Crippen molar-refractivity contribution in [1.82, 2.24) is 0 Å². The summed E-state index contributed by atoms with van der Waals surface area (Å²) in [5, 5.41) is 0. The van der Waals surface area contributed by atoms with Crippen molar-refractivity contribution in [1.29, 1.82) is 0 Å². The summed E-state index contributed by atoms with van der Waals surface area (Å²) in [4.78, 5) is 1.82. The van der Waals surface area contributed by atoms with Crippen LogP contribution in [0.1, 0.15) is 13.8 Å². The number of allylic oxidation sites excluding steroid dienone is 2. The Hall–Kier alpha value is -1.02. The Bertz CT molecular complexity index is 354. The average molecular weight is 242 g/mol. The second-order valence-corrected chi connectivity index (χ2v) is 4.42. The lowest BCUT2D eigenvalue weighted by Gasteiger charge is -2.29. The van der Waals surface area contributed by atoms with Crippen LogP contribution in [0.5, 0.6) is 0 Å². The molecular weight excluding hydrogens is 225 g/mol. The van der Waals surface area contributed by atoms with Crippen LogP contribution in [0.2, 0.25) is 0 Å². The summed E-state index contributed by atoms with van der Waals surface area (Å²) < 4.78 is 14.0. The van der Waals surface area contributed by atoms with Crippen molar-refractivity contribution in [3.8, 4) is 0 Å². The lowest BCUT2D eigenvalue weighted by molar-refractivity contribution is 0.263. The maximum absolute atomic E-state index is 14.0. The molecule has 0 radical (unpaired) electrons. The monoisotopic (exact) mass is 241 g/mol. The molecule has 0 aliphatic rings. The first kappa shape index (κ1) is 13.0. The van der Waals surface area contributed by atoms with E-state index in [1.807, 2.05) is 42.3 Å². The van der Waals surface area contributed by atoms with Gasteiger partial charge in [0.05, 0.1) is 5.70 Å². The maximum Gasteiger partial charge on any atom is 0.144 e. The third-order valence-electron chi connectivity index (χ3n) is 2.38. The van der Waals surface area contributed by atoms with Crippen LogP contribution in [0, 0.1) is 0 Å². The fraction of sp³-hybridized carbons (Fsp3) is 0.385. The topological polar surface area (TPSA) is 3.24 Å². The zero-order valence-corrected chi connectivity index (χ0v) is 10.6.